The number of rotatable bonds is 3. The number of hydrogen-bond acceptors (Lipinski definition) is 4. The van der Waals surface area contributed by atoms with E-state index in [4.69, 9.17) is 21.4 Å². The van der Waals surface area contributed by atoms with Gasteiger partial charge in [0.15, 0.2) is 0 Å². The largest absolute Gasteiger partial charge is 0.478 e. The number of carboxylic acid groups (broad SMARTS) is 1. The highest BCUT2D eigenvalue weighted by atomic mass is 35.5. The number of aromatic carboxylic acids is 1. The van der Waals surface area contributed by atoms with Gasteiger partial charge in [0.1, 0.15) is 10.9 Å². The number of benzene rings is 1. The number of carboxylic acids is 1. The van der Waals surface area contributed by atoms with Crippen molar-refractivity contribution in [1.82, 2.24) is 4.98 Å². The second-order valence-corrected chi connectivity index (χ2v) is 4.48. The van der Waals surface area contributed by atoms with Gasteiger partial charge in [-0.25, -0.2) is 4.79 Å². The van der Waals surface area contributed by atoms with E-state index in [0.29, 0.717) is 21.7 Å². The van der Waals surface area contributed by atoms with Crippen molar-refractivity contribution in [2.75, 3.05) is 0 Å². The minimum atomic E-state index is -0.981. The zero-order valence-electron chi connectivity index (χ0n) is 8.81. The summed E-state index contributed by atoms with van der Waals surface area (Å²) in [5, 5.41) is 11.4. The molecule has 0 radical (unpaired) electrons. The Morgan fingerprint density at radius 3 is 2.88 bits per heavy atom. The molecule has 0 fully saturated rings. The van der Waals surface area contributed by atoms with Gasteiger partial charge in [-0.3, -0.25) is 0 Å². The van der Waals surface area contributed by atoms with Crippen LogP contribution in [0.15, 0.2) is 23.6 Å². The molecular weight excluding hydrogens is 262 g/mol. The van der Waals surface area contributed by atoms with Gasteiger partial charge in [0.25, 0.3) is 5.19 Å². The fourth-order valence-electron chi connectivity index (χ4n) is 1.34. The van der Waals surface area contributed by atoms with Crippen molar-refractivity contribution >= 4 is 28.9 Å². The molecule has 2 aromatic rings. The maximum absolute atomic E-state index is 10.9. The molecule has 1 N–H and O–H groups in total. The van der Waals surface area contributed by atoms with Crippen LogP contribution >= 0.6 is 22.9 Å². The Bertz CT molecular complexity index is 568. The number of nitrogens with zero attached hydrogens (tertiary/aromatic N) is 1. The standard InChI is InChI=1S/C11H8ClNO3S/c1-6-7(10(14)15)3-2-4-8(6)16-11-13-9(12)5-17-11/h2-5H,1H3,(H,14,15). The van der Waals surface area contributed by atoms with E-state index in [9.17, 15) is 4.79 Å². The number of ether oxygens (including phenoxy) is 1. The van der Waals surface area contributed by atoms with Crippen LogP contribution in [0.3, 0.4) is 0 Å². The van der Waals surface area contributed by atoms with Crippen LogP contribution in [0, 0.1) is 6.92 Å². The molecule has 0 aliphatic rings. The van der Waals surface area contributed by atoms with E-state index in [-0.39, 0.29) is 5.56 Å². The van der Waals surface area contributed by atoms with E-state index in [0.717, 1.165) is 0 Å². The third-order valence-electron chi connectivity index (χ3n) is 2.17. The van der Waals surface area contributed by atoms with Crippen LogP contribution in [0.4, 0.5) is 0 Å². The lowest BCUT2D eigenvalue weighted by molar-refractivity contribution is 0.0695. The van der Waals surface area contributed by atoms with Gasteiger partial charge in [-0.1, -0.05) is 29.0 Å². The summed E-state index contributed by atoms with van der Waals surface area (Å²) in [6, 6.07) is 4.84. The molecule has 6 heteroatoms. The van der Waals surface area contributed by atoms with Crippen LogP contribution in [0.25, 0.3) is 0 Å². The first-order chi connectivity index (χ1) is 8.08. The molecule has 2 rings (SSSR count). The van der Waals surface area contributed by atoms with Crippen molar-refractivity contribution in [2.24, 2.45) is 0 Å². The highest BCUT2D eigenvalue weighted by Crippen LogP contribution is 2.30. The van der Waals surface area contributed by atoms with Gasteiger partial charge in [-0.15, -0.1) is 0 Å². The Kier molecular flexibility index (Phi) is 3.31. The molecule has 88 valence electrons. The molecule has 0 bridgehead atoms. The Balaban J connectivity index is 2.33. The van der Waals surface area contributed by atoms with E-state index < -0.39 is 5.97 Å². The summed E-state index contributed by atoms with van der Waals surface area (Å²) in [6.45, 7) is 1.69. The molecule has 0 unspecified atom stereocenters. The molecule has 0 aliphatic carbocycles. The monoisotopic (exact) mass is 269 g/mol. The van der Waals surface area contributed by atoms with Crippen molar-refractivity contribution in [3.8, 4) is 10.9 Å². The molecule has 1 heterocycles. The Morgan fingerprint density at radius 1 is 1.53 bits per heavy atom. The first-order valence-corrected chi connectivity index (χ1v) is 5.95. The van der Waals surface area contributed by atoms with Crippen LogP contribution < -0.4 is 4.74 Å². The third kappa shape index (κ3) is 2.57. The normalized spacial score (nSPS) is 10.2. The van der Waals surface area contributed by atoms with Crippen LogP contribution in [-0.2, 0) is 0 Å². The molecule has 0 saturated heterocycles. The average molecular weight is 270 g/mol. The summed E-state index contributed by atoms with van der Waals surface area (Å²) >= 11 is 6.93. The number of aromatic nitrogens is 1. The average Bonchev–Trinajstić information content (AvgIpc) is 2.67. The highest BCUT2D eigenvalue weighted by molar-refractivity contribution is 7.11. The minimum Gasteiger partial charge on any atom is -0.478 e. The predicted molar refractivity (Wildman–Crippen MR) is 65.3 cm³/mol. The first-order valence-electron chi connectivity index (χ1n) is 4.69. The molecule has 0 saturated carbocycles. The Morgan fingerprint density at radius 2 is 2.29 bits per heavy atom. The topological polar surface area (TPSA) is 59.4 Å². The van der Waals surface area contributed by atoms with Crippen molar-refractivity contribution in [1.29, 1.82) is 0 Å². The summed E-state index contributed by atoms with van der Waals surface area (Å²) in [4.78, 5) is 14.9. The zero-order valence-corrected chi connectivity index (χ0v) is 10.4. The zero-order chi connectivity index (χ0) is 12.4. The van der Waals surface area contributed by atoms with Gasteiger partial charge >= 0.3 is 5.97 Å². The number of thiazole rings is 1. The third-order valence-corrected chi connectivity index (χ3v) is 3.21. The van der Waals surface area contributed by atoms with Crippen molar-refractivity contribution in [2.45, 2.75) is 6.92 Å². The lowest BCUT2D eigenvalue weighted by atomic mass is 10.1. The SMILES string of the molecule is Cc1c(Oc2nc(Cl)cs2)cccc1C(=O)O. The molecular formula is C11H8ClNO3S. The van der Waals surface area contributed by atoms with Crippen molar-refractivity contribution in [3.63, 3.8) is 0 Å². The smallest absolute Gasteiger partial charge is 0.336 e. The molecule has 4 nitrogen and oxygen atoms in total. The second kappa shape index (κ2) is 4.73. The molecule has 1 aromatic carbocycles. The molecule has 0 spiro atoms. The Hall–Kier alpha value is -1.59. The van der Waals surface area contributed by atoms with E-state index in [2.05, 4.69) is 4.98 Å². The maximum atomic E-state index is 10.9. The van der Waals surface area contributed by atoms with Gasteiger partial charge in [-0.05, 0) is 19.1 Å². The van der Waals surface area contributed by atoms with Gasteiger partial charge in [0, 0.05) is 10.9 Å². The number of carbonyl (C=O) groups is 1. The summed E-state index contributed by atoms with van der Waals surface area (Å²) < 4.78 is 5.48. The molecule has 0 aliphatic heterocycles. The van der Waals surface area contributed by atoms with E-state index in [1.807, 2.05) is 0 Å². The van der Waals surface area contributed by atoms with Gasteiger partial charge in [-0.2, -0.15) is 4.98 Å². The van der Waals surface area contributed by atoms with E-state index >= 15 is 0 Å². The fraction of sp³-hybridized carbons (Fsp3) is 0.0909. The molecule has 1 aromatic heterocycles. The summed E-state index contributed by atoms with van der Waals surface area (Å²) in [6.07, 6.45) is 0. The highest BCUT2D eigenvalue weighted by Gasteiger charge is 2.12. The van der Waals surface area contributed by atoms with Crippen LogP contribution in [0.1, 0.15) is 15.9 Å². The lowest BCUT2D eigenvalue weighted by Gasteiger charge is -2.07. The van der Waals surface area contributed by atoms with Gasteiger partial charge in [0.2, 0.25) is 0 Å². The molecule has 17 heavy (non-hydrogen) atoms. The quantitative estimate of drug-likeness (QED) is 0.925. The summed E-state index contributed by atoms with van der Waals surface area (Å²) in [5.74, 6) is -0.513. The fourth-order valence-corrected chi connectivity index (χ4v) is 2.14. The van der Waals surface area contributed by atoms with Crippen molar-refractivity contribution < 1.29 is 14.6 Å². The van der Waals surface area contributed by atoms with Gasteiger partial charge in [0.05, 0.1) is 5.56 Å². The first kappa shape index (κ1) is 11.9. The molecule has 0 atom stereocenters. The van der Waals surface area contributed by atoms with Crippen LogP contribution in [0.2, 0.25) is 5.15 Å². The molecule has 0 amide bonds. The Labute approximate surface area is 106 Å². The lowest BCUT2D eigenvalue weighted by Crippen LogP contribution is -2.00. The van der Waals surface area contributed by atoms with Crippen LogP contribution in [0.5, 0.6) is 10.9 Å². The second-order valence-electron chi connectivity index (χ2n) is 3.27. The minimum absolute atomic E-state index is 0.213. The summed E-state index contributed by atoms with van der Waals surface area (Å²) in [5.41, 5.74) is 0.775. The maximum Gasteiger partial charge on any atom is 0.336 e. The van der Waals surface area contributed by atoms with E-state index in [1.165, 1.54) is 17.4 Å². The predicted octanol–water partition coefficient (Wildman–Crippen LogP) is 3.60. The summed E-state index contributed by atoms with van der Waals surface area (Å²) in [7, 11) is 0. The number of halogens is 1. The van der Waals surface area contributed by atoms with E-state index in [1.54, 1.807) is 24.4 Å². The van der Waals surface area contributed by atoms with Crippen molar-refractivity contribution in [3.05, 3.63) is 39.9 Å². The van der Waals surface area contributed by atoms with Gasteiger partial charge < -0.3 is 9.84 Å². The van der Waals surface area contributed by atoms with Crippen LogP contribution in [-0.4, -0.2) is 16.1 Å². The number of hydrogen-bond donors (Lipinski definition) is 1.